The number of benzene rings is 1. The molecule has 1 aromatic rings. The third-order valence-electron chi connectivity index (χ3n) is 4.37. The highest BCUT2D eigenvalue weighted by atomic mass is 16.5. The predicted molar refractivity (Wildman–Crippen MR) is 77.6 cm³/mol. The van der Waals surface area contributed by atoms with E-state index in [4.69, 9.17) is 4.74 Å². The molecular formula is C16H25NO2. The number of methoxy groups -OCH3 is 1. The van der Waals surface area contributed by atoms with Gasteiger partial charge in [0.1, 0.15) is 5.75 Å². The second-order valence-electron chi connectivity index (χ2n) is 5.60. The van der Waals surface area contributed by atoms with Crippen LogP contribution in [0.3, 0.4) is 0 Å². The Labute approximate surface area is 116 Å². The van der Waals surface area contributed by atoms with Crippen LogP contribution in [0.25, 0.3) is 0 Å². The first-order valence-electron chi connectivity index (χ1n) is 7.15. The van der Waals surface area contributed by atoms with Crippen LogP contribution < -0.4 is 4.74 Å². The molecule has 3 unspecified atom stereocenters. The Bertz CT molecular complexity index is 407. The van der Waals surface area contributed by atoms with Crippen molar-refractivity contribution >= 4 is 0 Å². The zero-order valence-electron chi connectivity index (χ0n) is 12.2. The van der Waals surface area contributed by atoms with Gasteiger partial charge in [0.05, 0.1) is 13.2 Å². The minimum absolute atomic E-state index is 0.162. The van der Waals surface area contributed by atoms with Gasteiger partial charge in [-0.1, -0.05) is 18.2 Å². The quantitative estimate of drug-likeness (QED) is 0.886. The molecule has 1 saturated carbocycles. The molecule has 3 nitrogen and oxygen atoms in total. The number of likely N-dealkylation sites (N-methyl/N-ethyl adjacent to an activating group) is 1. The predicted octanol–water partition coefficient (Wildman–Crippen LogP) is 2.47. The van der Waals surface area contributed by atoms with Crippen LogP contribution in [0.1, 0.15) is 31.7 Å². The number of hydrogen-bond acceptors (Lipinski definition) is 3. The SMILES string of the molecule is COc1ccccc1CC(C)N(C)C1CCCC1O. The molecule has 0 amide bonds. The summed E-state index contributed by atoms with van der Waals surface area (Å²) >= 11 is 0. The van der Waals surface area contributed by atoms with E-state index in [1.54, 1.807) is 7.11 Å². The van der Waals surface area contributed by atoms with E-state index in [0.717, 1.165) is 31.4 Å². The first-order chi connectivity index (χ1) is 9.13. The lowest BCUT2D eigenvalue weighted by Gasteiger charge is -2.33. The summed E-state index contributed by atoms with van der Waals surface area (Å²) in [7, 11) is 3.84. The highest BCUT2D eigenvalue weighted by molar-refractivity contribution is 5.33. The van der Waals surface area contributed by atoms with E-state index >= 15 is 0 Å². The van der Waals surface area contributed by atoms with Crippen LogP contribution in [-0.2, 0) is 6.42 Å². The number of nitrogens with zero attached hydrogens (tertiary/aromatic N) is 1. The highest BCUT2D eigenvalue weighted by Crippen LogP contribution is 2.27. The summed E-state index contributed by atoms with van der Waals surface area (Å²) in [4.78, 5) is 2.32. The summed E-state index contributed by atoms with van der Waals surface area (Å²) in [6.07, 6.45) is 3.97. The van der Waals surface area contributed by atoms with Gasteiger partial charge in [-0.2, -0.15) is 0 Å². The van der Waals surface area contributed by atoms with Crippen molar-refractivity contribution in [3.63, 3.8) is 0 Å². The van der Waals surface area contributed by atoms with E-state index in [1.807, 2.05) is 12.1 Å². The smallest absolute Gasteiger partial charge is 0.122 e. The Morgan fingerprint density at radius 2 is 2.11 bits per heavy atom. The Balaban J connectivity index is 2.01. The summed E-state index contributed by atoms with van der Waals surface area (Å²) in [6.45, 7) is 2.22. The van der Waals surface area contributed by atoms with Crippen molar-refractivity contribution < 1.29 is 9.84 Å². The van der Waals surface area contributed by atoms with Crippen LogP contribution >= 0.6 is 0 Å². The molecule has 0 spiro atoms. The standard InChI is InChI=1S/C16H25NO2/c1-12(17(2)14-8-6-9-15(14)18)11-13-7-4-5-10-16(13)19-3/h4-5,7,10,12,14-15,18H,6,8-9,11H2,1-3H3. The van der Waals surface area contributed by atoms with Gasteiger partial charge in [-0.15, -0.1) is 0 Å². The Morgan fingerprint density at radius 1 is 1.37 bits per heavy atom. The molecule has 1 aliphatic carbocycles. The fourth-order valence-electron chi connectivity index (χ4n) is 3.06. The van der Waals surface area contributed by atoms with Crippen LogP contribution in [0.2, 0.25) is 0 Å². The lowest BCUT2D eigenvalue weighted by molar-refractivity contribution is 0.0655. The van der Waals surface area contributed by atoms with E-state index in [0.29, 0.717) is 12.1 Å². The molecule has 0 radical (unpaired) electrons. The molecular weight excluding hydrogens is 238 g/mol. The number of hydrogen-bond donors (Lipinski definition) is 1. The largest absolute Gasteiger partial charge is 0.496 e. The van der Waals surface area contributed by atoms with Crippen molar-refractivity contribution in [3.8, 4) is 5.75 Å². The first kappa shape index (κ1) is 14.4. The maximum absolute atomic E-state index is 10.0. The fraction of sp³-hybridized carbons (Fsp3) is 0.625. The average Bonchev–Trinajstić information content (AvgIpc) is 2.84. The Morgan fingerprint density at radius 3 is 2.74 bits per heavy atom. The summed E-state index contributed by atoms with van der Waals surface area (Å²) in [5.74, 6) is 0.953. The molecule has 0 saturated heterocycles. The molecule has 1 fully saturated rings. The summed E-state index contributed by atoms with van der Waals surface area (Å²) in [5, 5.41) is 10.0. The van der Waals surface area contributed by atoms with Gasteiger partial charge >= 0.3 is 0 Å². The van der Waals surface area contributed by atoms with E-state index in [9.17, 15) is 5.11 Å². The molecule has 1 aromatic carbocycles. The molecule has 19 heavy (non-hydrogen) atoms. The van der Waals surface area contributed by atoms with Crippen LogP contribution in [0, 0.1) is 0 Å². The molecule has 0 aliphatic heterocycles. The maximum Gasteiger partial charge on any atom is 0.122 e. The third-order valence-corrected chi connectivity index (χ3v) is 4.37. The van der Waals surface area contributed by atoms with E-state index in [1.165, 1.54) is 5.56 Å². The Hall–Kier alpha value is -1.06. The number of para-hydroxylation sites is 1. The second-order valence-corrected chi connectivity index (χ2v) is 5.60. The number of aliphatic hydroxyl groups is 1. The number of rotatable bonds is 5. The number of aliphatic hydroxyl groups excluding tert-OH is 1. The van der Waals surface area contributed by atoms with Crippen LogP contribution in [0.4, 0.5) is 0 Å². The van der Waals surface area contributed by atoms with Gasteiger partial charge in [0.2, 0.25) is 0 Å². The van der Waals surface area contributed by atoms with Gasteiger partial charge in [-0.3, -0.25) is 4.90 Å². The second kappa shape index (κ2) is 6.40. The van der Waals surface area contributed by atoms with Crippen molar-refractivity contribution in [2.24, 2.45) is 0 Å². The topological polar surface area (TPSA) is 32.7 Å². The molecule has 1 N–H and O–H groups in total. The van der Waals surface area contributed by atoms with E-state index in [-0.39, 0.29) is 6.10 Å². The minimum atomic E-state index is -0.162. The molecule has 0 heterocycles. The Kier molecular flexibility index (Phi) is 4.83. The van der Waals surface area contributed by atoms with Crippen LogP contribution in [-0.4, -0.2) is 42.4 Å². The zero-order chi connectivity index (χ0) is 13.8. The van der Waals surface area contributed by atoms with Crippen LogP contribution in [0.5, 0.6) is 5.75 Å². The molecule has 3 atom stereocenters. The van der Waals surface area contributed by atoms with Gasteiger partial charge in [0.25, 0.3) is 0 Å². The van der Waals surface area contributed by atoms with Crippen molar-refractivity contribution in [1.82, 2.24) is 4.90 Å². The van der Waals surface area contributed by atoms with Gasteiger partial charge in [0.15, 0.2) is 0 Å². The van der Waals surface area contributed by atoms with Gasteiger partial charge in [-0.05, 0) is 51.3 Å². The lowest BCUT2D eigenvalue weighted by Crippen LogP contribution is -2.43. The summed E-state index contributed by atoms with van der Waals surface area (Å²) in [6, 6.07) is 8.88. The van der Waals surface area contributed by atoms with Crippen molar-refractivity contribution in [2.75, 3.05) is 14.2 Å². The van der Waals surface area contributed by atoms with Crippen molar-refractivity contribution in [2.45, 2.75) is 50.8 Å². The minimum Gasteiger partial charge on any atom is -0.496 e. The molecule has 2 rings (SSSR count). The van der Waals surface area contributed by atoms with Gasteiger partial charge < -0.3 is 9.84 Å². The lowest BCUT2D eigenvalue weighted by atomic mass is 10.0. The monoisotopic (exact) mass is 263 g/mol. The van der Waals surface area contributed by atoms with Gasteiger partial charge in [0, 0.05) is 12.1 Å². The number of ether oxygens (including phenoxy) is 1. The van der Waals surface area contributed by atoms with Crippen molar-refractivity contribution in [1.29, 1.82) is 0 Å². The molecule has 1 aliphatic rings. The average molecular weight is 263 g/mol. The first-order valence-corrected chi connectivity index (χ1v) is 7.15. The normalized spacial score (nSPS) is 24.7. The zero-order valence-corrected chi connectivity index (χ0v) is 12.2. The fourth-order valence-corrected chi connectivity index (χ4v) is 3.06. The third kappa shape index (κ3) is 3.28. The van der Waals surface area contributed by atoms with Crippen molar-refractivity contribution in [3.05, 3.63) is 29.8 Å². The van der Waals surface area contributed by atoms with E-state index in [2.05, 4.69) is 31.0 Å². The summed E-state index contributed by atoms with van der Waals surface area (Å²) < 4.78 is 5.40. The van der Waals surface area contributed by atoms with Gasteiger partial charge in [-0.25, -0.2) is 0 Å². The maximum atomic E-state index is 10.0. The van der Waals surface area contributed by atoms with Crippen LogP contribution in [0.15, 0.2) is 24.3 Å². The highest BCUT2D eigenvalue weighted by Gasteiger charge is 2.31. The summed E-state index contributed by atoms with van der Waals surface area (Å²) in [5.41, 5.74) is 1.23. The molecule has 0 aromatic heterocycles. The van der Waals surface area contributed by atoms with E-state index < -0.39 is 0 Å². The molecule has 106 valence electrons. The molecule has 0 bridgehead atoms. The molecule has 3 heteroatoms.